The fraction of sp³-hybridized carbons (Fsp3) is 0.667. The SMILES string of the molecule is COC(O)c1n[nH]c2c1O[C@@H](C)CC2. The number of aryl methyl sites for hydroxylation is 1. The molecule has 5 nitrogen and oxygen atoms in total. The van der Waals surface area contributed by atoms with Crippen LogP contribution in [0.25, 0.3) is 0 Å². The average Bonchev–Trinajstić information content (AvgIpc) is 2.59. The molecule has 2 heterocycles. The van der Waals surface area contributed by atoms with Crippen LogP contribution in [0.1, 0.15) is 31.0 Å². The van der Waals surface area contributed by atoms with Crippen LogP contribution in [0.5, 0.6) is 5.75 Å². The highest BCUT2D eigenvalue weighted by Gasteiger charge is 2.26. The third-order valence-corrected chi connectivity index (χ3v) is 2.40. The molecule has 2 N–H and O–H groups in total. The van der Waals surface area contributed by atoms with E-state index in [9.17, 15) is 5.11 Å². The Morgan fingerprint density at radius 3 is 3.21 bits per heavy atom. The minimum atomic E-state index is -1.01. The lowest BCUT2D eigenvalue weighted by Crippen LogP contribution is -2.19. The van der Waals surface area contributed by atoms with Gasteiger partial charge in [0.15, 0.2) is 11.4 Å². The van der Waals surface area contributed by atoms with Crippen LogP contribution in [-0.2, 0) is 11.2 Å². The summed E-state index contributed by atoms with van der Waals surface area (Å²) >= 11 is 0. The highest BCUT2D eigenvalue weighted by Crippen LogP contribution is 2.32. The molecule has 1 aliphatic rings. The van der Waals surface area contributed by atoms with Gasteiger partial charge in [0.2, 0.25) is 6.29 Å². The van der Waals surface area contributed by atoms with Crippen molar-refractivity contribution in [3.63, 3.8) is 0 Å². The molecule has 78 valence electrons. The van der Waals surface area contributed by atoms with E-state index >= 15 is 0 Å². The van der Waals surface area contributed by atoms with Crippen molar-refractivity contribution in [2.24, 2.45) is 0 Å². The van der Waals surface area contributed by atoms with E-state index in [-0.39, 0.29) is 6.10 Å². The smallest absolute Gasteiger partial charge is 0.203 e. The molecule has 2 atom stereocenters. The predicted octanol–water partition coefficient (Wildman–Crippen LogP) is 0.760. The molecule has 0 aliphatic carbocycles. The first-order valence-electron chi connectivity index (χ1n) is 4.67. The van der Waals surface area contributed by atoms with Gasteiger partial charge in [0, 0.05) is 7.11 Å². The Morgan fingerprint density at radius 1 is 1.71 bits per heavy atom. The van der Waals surface area contributed by atoms with Crippen molar-refractivity contribution >= 4 is 0 Å². The number of aliphatic hydroxyl groups excluding tert-OH is 1. The summed E-state index contributed by atoms with van der Waals surface area (Å²) in [5.74, 6) is 0.651. The molecule has 0 radical (unpaired) electrons. The van der Waals surface area contributed by atoms with Gasteiger partial charge >= 0.3 is 0 Å². The van der Waals surface area contributed by atoms with E-state index in [1.54, 1.807) is 0 Å². The largest absolute Gasteiger partial charge is 0.487 e. The van der Waals surface area contributed by atoms with Gasteiger partial charge in [0.05, 0.1) is 11.8 Å². The zero-order valence-corrected chi connectivity index (χ0v) is 8.28. The fourth-order valence-corrected chi connectivity index (χ4v) is 1.57. The lowest BCUT2D eigenvalue weighted by Gasteiger charge is -2.21. The summed E-state index contributed by atoms with van der Waals surface area (Å²) in [5, 5.41) is 16.3. The van der Waals surface area contributed by atoms with Crippen LogP contribution in [0.15, 0.2) is 0 Å². The van der Waals surface area contributed by atoms with Gasteiger partial charge in [-0.15, -0.1) is 0 Å². The van der Waals surface area contributed by atoms with Gasteiger partial charge in [0.25, 0.3) is 0 Å². The maximum Gasteiger partial charge on any atom is 0.203 e. The molecule has 1 unspecified atom stereocenters. The molecule has 1 aromatic heterocycles. The second-order valence-electron chi connectivity index (χ2n) is 3.47. The van der Waals surface area contributed by atoms with Crippen LogP contribution < -0.4 is 4.74 Å². The van der Waals surface area contributed by atoms with Gasteiger partial charge in [-0.05, 0) is 19.8 Å². The van der Waals surface area contributed by atoms with Crippen molar-refractivity contribution in [1.29, 1.82) is 0 Å². The van der Waals surface area contributed by atoms with Crippen molar-refractivity contribution in [2.75, 3.05) is 7.11 Å². The molecule has 0 aromatic carbocycles. The summed E-state index contributed by atoms with van der Waals surface area (Å²) in [6, 6.07) is 0. The molecule has 1 aliphatic heterocycles. The van der Waals surface area contributed by atoms with Gasteiger partial charge in [-0.25, -0.2) is 0 Å². The Morgan fingerprint density at radius 2 is 2.50 bits per heavy atom. The van der Waals surface area contributed by atoms with Crippen molar-refractivity contribution < 1.29 is 14.6 Å². The Bertz CT molecular complexity index is 324. The average molecular weight is 198 g/mol. The summed E-state index contributed by atoms with van der Waals surface area (Å²) in [7, 11) is 1.43. The van der Waals surface area contributed by atoms with Crippen molar-refractivity contribution in [1.82, 2.24) is 10.2 Å². The number of nitrogens with zero attached hydrogens (tertiary/aromatic N) is 1. The number of aromatic nitrogens is 2. The maximum absolute atomic E-state index is 9.48. The highest BCUT2D eigenvalue weighted by molar-refractivity contribution is 5.35. The second-order valence-corrected chi connectivity index (χ2v) is 3.47. The van der Waals surface area contributed by atoms with Gasteiger partial charge < -0.3 is 14.6 Å². The van der Waals surface area contributed by atoms with E-state index in [0.717, 1.165) is 18.5 Å². The van der Waals surface area contributed by atoms with Gasteiger partial charge in [-0.3, -0.25) is 5.10 Å². The third-order valence-electron chi connectivity index (χ3n) is 2.40. The molecule has 0 fully saturated rings. The highest BCUT2D eigenvalue weighted by atomic mass is 16.6. The third kappa shape index (κ3) is 1.49. The number of methoxy groups -OCH3 is 1. The number of ether oxygens (including phenoxy) is 2. The molecular weight excluding hydrogens is 184 g/mol. The first-order chi connectivity index (χ1) is 6.72. The molecule has 14 heavy (non-hydrogen) atoms. The first kappa shape index (κ1) is 9.48. The minimum Gasteiger partial charge on any atom is -0.487 e. The van der Waals surface area contributed by atoms with Gasteiger partial charge in [-0.1, -0.05) is 0 Å². The quantitative estimate of drug-likeness (QED) is 0.688. The summed E-state index contributed by atoms with van der Waals surface area (Å²) in [5.41, 5.74) is 1.38. The number of hydrogen-bond donors (Lipinski definition) is 2. The summed E-state index contributed by atoms with van der Waals surface area (Å²) in [4.78, 5) is 0. The zero-order chi connectivity index (χ0) is 10.1. The Balaban J connectivity index is 2.30. The van der Waals surface area contributed by atoms with Crippen LogP contribution >= 0.6 is 0 Å². The topological polar surface area (TPSA) is 67.4 Å². The summed E-state index contributed by atoms with van der Waals surface area (Å²) < 4.78 is 10.4. The number of hydrogen-bond acceptors (Lipinski definition) is 4. The van der Waals surface area contributed by atoms with Crippen molar-refractivity contribution in [3.05, 3.63) is 11.4 Å². The second kappa shape index (κ2) is 3.59. The Labute approximate surface area is 82.0 Å². The standard InChI is InChI=1S/C9H14N2O3/c1-5-3-4-6-8(14-5)7(11-10-6)9(12)13-2/h5,9,12H,3-4H2,1-2H3,(H,10,11)/t5-,9?/m0/s1. The number of fused-ring (bicyclic) bond motifs is 1. The van der Waals surface area contributed by atoms with Crippen LogP contribution in [-0.4, -0.2) is 28.5 Å². The molecule has 5 heteroatoms. The van der Waals surface area contributed by atoms with E-state index in [1.165, 1.54) is 7.11 Å². The predicted molar refractivity (Wildman–Crippen MR) is 49.0 cm³/mol. The zero-order valence-electron chi connectivity index (χ0n) is 8.28. The summed E-state index contributed by atoms with van der Waals surface area (Å²) in [6.45, 7) is 2.00. The fourth-order valence-electron chi connectivity index (χ4n) is 1.57. The van der Waals surface area contributed by atoms with Crippen molar-refractivity contribution in [2.45, 2.75) is 32.2 Å². The Hall–Kier alpha value is -1.07. The number of H-pyrrole nitrogens is 1. The molecular formula is C9H14N2O3. The lowest BCUT2D eigenvalue weighted by atomic mass is 10.1. The molecule has 0 amide bonds. The van der Waals surface area contributed by atoms with E-state index in [0.29, 0.717) is 11.4 Å². The molecule has 0 saturated carbocycles. The maximum atomic E-state index is 9.48. The van der Waals surface area contributed by atoms with Gasteiger partial charge in [0.1, 0.15) is 0 Å². The van der Waals surface area contributed by atoms with Crippen LogP contribution in [0.3, 0.4) is 0 Å². The van der Waals surface area contributed by atoms with Gasteiger partial charge in [-0.2, -0.15) is 5.10 Å². The van der Waals surface area contributed by atoms with E-state index in [1.807, 2.05) is 6.92 Å². The molecule has 0 spiro atoms. The van der Waals surface area contributed by atoms with E-state index < -0.39 is 6.29 Å². The summed E-state index contributed by atoms with van der Waals surface area (Å²) in [6.07, 6.45) is 1.03. The minimum absolute atomic E-state index is 0.169. The lowest BCUT2D eigenvalue weighted by molar-refractivity contribution is -0.0817. The molecule has 0 saturated heterocycles. The van der Waals surface area contributed by atoms with Crippen molar-refractivity contribution in [3.8, 4) is 5.75 Å². The van der Waals surface area contributed by atoms with Crippen LogP contribution in [0, 0.1) is 0 Å². The van der Waals surface area contributed by atoms with E-state index in [4.69, 9.17) is 9.47 Å². The number of aliphatic hydroxyl groups is 1. The molecule has 0 bridgehead atoms. The van der Waals surface area contributed by atoms with E-state index in [2.05, 4.69) is 10.2 Å². The van der Waals surface area contributed by atoms with Crippen LogP contribution in [0.4, 0.5) is 0 Å². The molecule has 2 rings (SSSR count). The monoisotopic (exact) mass is 198 g/mol. The number of aromatic amines is 1. The number of nitrogens with one attached hydrogen (secondary N) is 1. The Kier molecular flexibility index (Phi) is 2.43. The first-order valence-corrected chi connectivity index (χ1v) is 4.67. The number of rotatable bonds is 2. The normalized spacial score (nSPS) is 22.6. The van der Waals surface area contributed by atoms with Crippen LogP contribution in [0.2, 0.25) is 0 Å². The molecule has 1 aromatic rings.